The van der Waals surface area contributed by atoms with Gasteiger partial charge in [0, 0.05) is 23.9 Å². The molecule has 3 nitrogen and oxygen atoms in total. The van der Waals surface area contributed by atoms with Crippen LogP contribution in [0.25, 0.3) is 0 Å². The first-order valence-electron chi connectivity index (χ1n) is 5.24. The lowest BCUT2D eigenvalue weighted by molar-refractivity contribution is -0.138. The molecule has 16 heavy (non-hydrogen) atoms. The van der Waals surface area contributed by atoms with Crippen LogP contribution in [-0.2, 0) is 16.0 Å². The van der Waals surface area contributed by atoms with E-state index in [0.717, 1.165) is 16.5 Å². The SMILES string of the molecule is O=C1CCC(=O)N1CCc1ccc(Br)cc1. The quantitative estimate of drug-likeness (QED) is 0.796. The van der Waals surface area contributed by atoms with Crippen LogP contribution in [0.3, 0.4) is 0 Å². The molecule has 1 aromatic rings. The highest BCUT2D eigenvalue weighted by Gasteiger charge is 2.27. The second kappa shape index (κ2) is 4.78. The van der Waals surface area contributed by atoms with Crippen molar-refractivity contribution in [3.05, 3.63) is 34.3 Å². The van der Waals surface area contributed by atoms with Gasteiger partial charge < -0.3 is 0 Å². The zero-order valence-corrected chi connectivity index (χ0v) is 10.4. The fraction of sp³-hybridized carbons (Fsp3) is 0.333. The van der Waals surface area contributed by atoms with E-state index in [1.165, 1.54) is 4.90 Å². The molecule has 0 unspecified atom stereocenters. The molecule has 4 heteroatoms. The average Bonchev–Trinajstić information content (AvgIpc) is 2.59. The molecule has 2 rings (SSSR count). The predicted octanol–water partition coefficient (Wildman–Crippen LogP) is 2.14. The maximum Gasteiger partial charge on any atom is 0.229 e. The van der Waals surface area contributed by atoms with Crippen molar-refractivity contribution in [2.75, 3.05) is 6.54 Å². The molecule has 0 aliphatic carbocycles. The summed E-state index contributed by atoms with van der Waals surface area (Å²) in [5.74, 6) is -0.0794. The molecule has 1 fully saturated rings. The third-order valence-corrected chi connectivity index (χ3v) is 3.22. The Bertz CT molecular complexity index is 398. The van der Waals surface area contributed by atoms with E-state index in [0.29, 0.717) is 19.4 Å². The van der Waals surface area contributed by atoms with Crippen molar-refractivity contribution in [3.63, 3.8) is 0 Å². The minimum atomic E-state index is -0.0397. The smallest absolute Gasteiger partial charge is 0.229 e. The Hall–Kier alpha value is -1.16. The number of imide groups is 1. The first-order valence-corrected chi connectivity index (χ1v) is 6.04. The van der Waals surface area contributed by atoms with Crippen LogP contribution < -0.4 is 0 Å². The van der Waals surface area contributed by atoms with Crippen molar-refractivity contribution in [1.29, 1.82) is 0 Å². The Kier molecular flexibility index (Phi) is 3.39. The van der Waals surface area contributed by atoms with Crippen molar-refractivity contribution in [2.45, 2.75) is 19.3 Å². The Balaban J connectivity index is 1.94. The van der Waals surface area contributed by atoms with Crippen molar-refractivity contribution in [3.8, 4) is 0 Å². The molecule has 1 heterocycles. The van der Waals surface area contributed by atoms with E-state index in [1.54, 1.807) is 0 Å². The van der Waals surface area contributed by atoms with E-state index in [1.807, 2.05) is 24.3 Å². The molecular weight excluding hydrogens is 270 g/mol. The van der Waals surface area contributed by atoms with E-state index in [4.69, 9.17) is 0 Å². The fourth-order valence-corrected chi connectivity index (χ4v) is 2.03. The molecule has 2 amide bonds. The van der Waals surface area contributed by atoms with Crippen molar-refractivity contribution >= 4 is 27.7 Å². The molecule has 0 aromatic heterocycles. The van der Waals surface area contributed by atoms with Crippen LogP contribution in [-0.4, -0.2) is 23.3 Å². The van der Waals surface area contributed by atoms with Crippen LogP contribution in [0.2, 0.25) is 0 Å². The third kappa shape index (κ3) is 2.50. The van der Waals surface area contributed by atoms with Crippen LogP contribution in [0.15, 0.2) is 28.7 Å². The fourth-order valence-electron chi connectivity index (χ4n) is 1.76. The van der Waals surface area contributed by atoms with E-state index in [-0.39, 0.29) is 11.8 Å². The summed E-state index contributed by atoms with van der Waals surface area (Å²) in [6.07, 6.45) is 1.48. The number of likely N-dealkylation sites (tertiary alicyclic amines) is 1. The Morgan fingerprint density at radius 1 is 1.06 bits per heavy atom. The molecule has 0 bridgehead atoms. The molecule has 1 aromatic carbocycles. The molecule has 84 valence electrons. The van der Waals surface area contributed by atoms with Crippen LogP contribution in [0, 0.1) is 0 Å². The summed E-state index contributed by atoms with van der Waals surface area (Å²) >= 11 is 3.36. The van der Waals surface area contributed by atoms with Crippen LogP contribution in [0.5, 0.6) is 0 Å². The lowest BCUT2D eigenvalue weighted by atomic mass is 10.1. The normalized spacial score (nSPS) is 15.9. The summed E-state index contributed by atoms with van der Waals surface area (Å²) in [5.41, 5.74) is 1.13. The molecule has 0 radical (unpaired) electrons. The van der Waals surface area contributed by atoms with Gasteiger partial charge in [-0.15, -0.1) is 0 Å². The molecular formula is C12H12BrNO2. The van der Waals surface area contributed by atoms with Crippen molar-refractivity contribution in [1.82, 2.24) is 4.90 Å². The molecule has 0 spiro atoms. The number of carbonyl (C=O) groups is 2. The zero-order valence-electron chi connectivity index (χ0n) is 8.78. The first-order chi connectivity index (χ1) is 7.66. The standard InChI is InChI=1S/C12H12BrNO2/c13-10-3-1-9(2-4-10)7-8-14-11(15)5-6-12(14)16/h1-4H,5-8H2. The number of rotatable bonds is 3. The topological polar surface area (TPSA) is 37.4 Å². The van der Waals surface area contributed by atoms with Gasteiger partial charge >= 0.3 is 0 Å². The van der Waals surface area contributed by atoms with Crippen LogP contribution >= 0.6 is 15.9 Å². The molecule has 1 aliphatic rings. The van der Waals surface area contributed by atoms with E-state index in [9.17, 15) is 9.59 Å². The van der Waals surface area contributed by atoms with Crippen molar-refractivity contribution in [2.24, 2.45) is 0 Å². The lowest BCUT2D eigenvalue weighted by Crippen LogP contribution is -2.31. The summed E-state index contributed by atoms with van der Waals surface area (Å²) in [4.78, 5) is 24.1. The Morgan fingerprint density at radius 2 is 1.62 bits per heavy atom. The summed E-state index contributed by atoms with van der Waals surface area (Å²) in [6.45, 7) is 0.499. The van der Waals surface area contributed by atoms with E-state index < -0.39 is 0 Å². The number of hydrogen-bond acceptors (Lipinski definition) is 2. The van der Waals surface area contributed by atoms with E-state index >= 15 is 0 Å². The molecule has 0 saturated carbocycles. The highest BCUT2D eigenvalue weighted by atomic mass is 79.9. The average molecular weight is 282 g/mol. The van der Waals surface area contributed by atoms with Gasteiger partial charge in [-0.25, -0.2) is 0 Å². The summed E-state index contributed by atoms with van der Waals surface area (Å²) in [6, 6.07) is 7.91. The first kappa shape index (κ1) is 11.3. The lowest BCUT2D eigenvalue weighted by Gasteiger charge is -2.13. The van der Waals surface area contributed by atoms with Gasteiger partial charge in [0.2, 0.25) is 11.8 Å². The highest BCUT2D eigenvalue weighted by molar-refractivity contribution is 9.10. The zero-order chi connectivity index (χ0) is 11.5. The highest BCUT2D eigenvalue weighted by Crippen LogP contribution is 2.14. The van der Waals surface area contributed by atoms with Gasteiger partial charge in [0.25, 0.3) is 0 Å². The van der Waals surface area contributed by atoms with Crippen LogP contribution in [0.4, 0.5) is 0 Å². The summed E-state index contributed by atoms with van der Waals surface area (Å²) < 4.78 is 1.03. The van der Waals surface area contributed by atoms with Gasteiger partial charge in [-0.2, -0.15) is 0 Å². The van der Waals surface area contributed by atoms with Gasteiger partial charge in [0.15, 0.2) is 0 Å². The predicted molar refractivity (Wildman–Crippen MR) is 63.8 cm³/mol. The van der Waals surface area contributed by atoms with E-state index in [2.05, 4.69) is 15.9 Å². The van der Waals surface area contributed by atoms with Crippen LogP contribution in [0.1, 0.15) is 18.4 Å². The Morgan fingerprint density at radius 3 is 2.19 bits per heavy atom. The maximum absolute atomic E-state index is 11.4. The monoisotopic (exact) mass is 281 g/mol. The summed E-state index contributed by atoms with van der Waals surface area (Å²) in [5, 5.41) is 0. The minimum Gasteiger partial charge on any atom is -0.282 e. The molecule has 0 N–H and O–H groups in total. The van der Waals surface area contributed by atoms with Gasteiger partial charge in [-0.1, -0.05) is 28.1 Å². The number of nitrogens with zero attached hydrogens (tertiary/aromatic N) is 1. The second-order valence-corrected chi connectivity index (χ2v) is 4.73. The van der Waals surface area contributed by atoms with Gasteiger partial charge in [-0.3, -0.25) is 14.5 Å². The van der Waals surface area contributed by atoms with Gasteiger partial charge in [0.05, 0.1) is 0 Å². The number of amides is 2. The molecule has 0 atom stereocenters. The van der Waals surface area contributed by atoms with Gasteiger partial charge in [-0.05, 0) is 24.1 Å². The third-order valence-electron chi connectivity index (χ3n) is 2.69. The number of benzene rings is 1. The number of halogens is 1. The number of carbonyl (C=O) groups excluding carboxylic acids is 2. The minimum absolute atomic E-state index is 0.0397. The largest absolute Gasteiger partial charge is 0.282 e. The number of hydrogen-bond donors (Lipinski definition) is 0. The summed E-state index contributed by atoms with van der Waals surface area (Å²) in [7, 11) is 0. The Labute approximate surface area is 103 Å². The van der Waals surface area contributed by atoms with Gasteiger partial charge in [0.1, 0.15) is 0 Å². The second-order valence-electron chi connectivity index (χ2n) is 3.82. The molecule has 1 saturated heterocycles. The maximum atomic E-state index is 11.4. The van der Waals surface area contributed by atoms with Crippen molar-refractivity contribution < 1.29 is 9.59 Å². The molecule has 1 aliphatic heterocycles.